The Balaban J connectivity index is 1.88. The van der Waals surface area contributed by atoms with E-state index >= 15 is 0 Å². The van der Waals surface area contributed by atoms with E-state index in [0.717, 1.165) is 23.3 Å². The van der Waals surface area contributed by atoms with Gasteiger partial charge in [0, 0.05) is 5.69 Å². The maximum absolute atomic E-state index is 12.0. The van der Waals surface area contributed by atoms with Gasteiger partial charge in [0.05, 0.1) is 20.1 Å². The first-order chi connectivity index (χ1) is 8.18. The Morgan fingerprint density at radius 1 is 1.18 bits per heavy atom. The van der Waals surface area contributed by atoms with E-state index in [-0.39, 0.29) is 5.91 Å². The average molecular weight is 233 g/mol. The van der Waals surface area contributed by atoms with E-state index in [4.69, 9.17) is 0 Å². The van der Waals surface area contributed by atoms with E-state index in [2.05, 4.69) is 12.4 Å². The molecular weight excluding hydrogens is 212 g/mol. The summed E-state index contributed by atoms with van der Waals surface area (Å²) in [5.41, 5.74) is 0.890. The highest BCUT2D eigenvalue weighted by Gasteiger charge is 2.27. The minimum Gasteiger partial charge on any atom is -0.321 e. The first-order valence-corrected chi connectivity index (χ1v) is 6.36. The molecule has 1 N–H and O–H groups in total. The van der Waals surface area contributed by atoms with Crippen molar-refractivity contribution < 1.29 is 9.28 Å². The molecular formula is C14H21N2O+. The molecule has 1 aromatic carbocycles. The Bertz CT molecular complexity index is 369. The van der Waals surface area contributed by atoms with Crippen molar-refractivity contribution in [2.75, 3.05) is 32.0 Å². The number of hydrogen-bond acceptors (Lipinski definition) is 1. The van der Waals surface area contributed by atoms with E-state index in [1.165, 1.54) is 19.3 Å². The number of amides is 1. The monoisotopic (exact) mass is 233 g/mol. The van der Waals surface area contributed by atoms with Crippen LogP contribution in [0.4, 0.5) is 5.69 Å². The van der Waals surface area contributed by atoms with Gasteiger partial charge in [-0.05, 0) is 31.4 Å². The van der Waals surface area contributed by atoms with Gasteiger partial charge in [0.2, 0.25) is 0 Å². The summed E-state index contributed by atoms with van der Waals surface area (Å²) in [6, 6.07) is 9.68. The number of anilines is 1. The van der Waals surface area contributed by atoms with Gasteiger partial charge in [-0.25, -0.2) is 0 Å². The highest BCUT2D eigenvalue weighted by molar-refractivity contribution is 5.91. The number of benzene rings is 1. The fourth-order valence-electron chi connectivity index (χ4n) is 2.50. The zero-order valence-electron chi connectivity index (χ0n) is 10.5. The third kappa shape index (κ3) is 3.56. The lowest BCUT2D eigenvalue weighted by Crippen LogP contribution is -2.51. The molecule has 3 nitrogen and oxygen atoms in total. The van der Waals surface area contributed by atoms with Crippen molar-refractivity contribution in [2.45, 2.75) is 19.3 Å². The molecule has 17 heavy (non-hydrogen) atoms. The number of hydrogen-bond donors (Lipinski definition) is 1. The van der Waals surface area contributed by atoms with Crippen molar-refractivity contribution in [2.24, 2.45) is 0 Å². The quantitative estimate of drug-likeness (QED) is 0.797. The smallest absolute Gasteiger partial charge is 0.279 e. The van der Waals surface area contributed by atoms with Gasteiger partial charge in [-0.15, -0.1) is 0 Å². The summed E-state index contributed by atoms with van der Waals surface area (Å²) in [7, 11) is 2.18. The van der Waals surface area contributed by atoms with Crippen LogP contribution in [0, 0.1) is 0 Å². The number of quaternary nitrogens is 1. The first kappa shape index (κ1) is 12.1. The fourth-order valence-corrected chi connectivity index (χ4v) is 2.50. The van der Waals surface area contributed by atoms with Gasteiger partial charge in [0.15, 0.2) is 6.54 Å². The van der Waals surface area contributed by atoms with E-state index < -0.39 is 0 Å². The predicted molar refractivity (Wildman–Crippen MR) is 69.7 cm³/mol. The second kappa shape index (κ2) is 5.32. The maximum Gasteiger partial charge on any atom is 0.279 e. The molecule has 0 radical (unpaired) electrons. The topological polar surface area (TPSA) is 29.1 Å². The van der Waals surface area contributed by atoms with E-state index in [0.29, 0.717) is 6.54 Å². The molecule has 1 aliphatic heterocycles. The summed E-state index contributed by atoms with van der Waals surface area (Å²) in [4.78, 5) is 12.0. The molecule has 1 aliphatic rings. The lowest BCUT2D eigenvalue weighted by atomic mass is 10.1. The summed E-state index contributed by atoms with van der Waals surface area (Å²) in [5.74, 6) is 0.126. The Hall–Kier alpha value is -1.35. The fraction of sp³-hybridized carbons (Fsp3) is 0.500. The molecule has 1 saturated heterocycles. The SMILES string of the molecule is C[N+]1(CC(=O)Nc2ccccc2)CCCCC1. The lowest BCUT2D eigenvalue weighted by molar-refractivity contribution is -0.906. The maximum atomic E-state index is 12.0. The molecule has 0 aromatic heterocycles. The Kier molecular flexibility index (Phi) is 3.79. The molecule has 0 atom stereocenters. The van der Waals surface area contributed by atoms with E-state index in [9.17, 15) is 4.79 Å². The van der Waals surface area contributed by atoms with Crippen LogP contribution in [-0.4, -0.2) is 37.1 Å². The molecule has 1 fully saturated rings. The number of carbonyl (C=O) groups excluding carboxylic acids is 1. The molecule has 0 bridgehead atoms. The predicted octanol–water partition coefficient (Wildman–Crippen LogP) is 2.26. The number of para-hydroxylation sites is 1. The van der Waals surface area contributed by atoms with Crippen LogP contribution in [0.15, 0.2) is 30.3 Å². The van der Waals surface area contributed by atoms with E-state index in [1.54, 1.807) is 0 Å². The van der Waals surface area contributed by atoms with Crippen molar-refractivity contribution in [1.29, 1.82) is 0 Å². The normalized spacial score (nSPS) is 18.6. The number of rotatable bonds is 3. The molecule has 0 unspecified atom stereocenters. The standard InChI is InChI=1S/C14H20N2O/c1-16(10-6-3-7-11-16)12-14(17)15-13-8-4-2-5-9-13/h2,4-5,8-9H,3,6-7,10-12H2,1H3/p+1. The van der Waals surface area contributed by atoms with Gasteiger partial charge in [-0.2, -0.15) is 0 Å². The van der Waals surface area contributed by atoms with Crippen LogP contribution in [-0.2, 0) is 4.79 Å². The number of nitrogens with zero attached hydrogens (tertiary/aromatic N) is 1. The van der Waals surface area contributed by atoms with Crippen molar-refractivity contribution >= 4 is 11.6 Å². The van der Waals surface area contributed by atoms with Crippen LogP contribution in [0.5, 0.6) is 0 Å². The molecule has 3 heteroatoms. The minimum absolute atomic E-state index is 0.126. The number of nitrogens with one attached hydrogen (secondary N) is 1. The van der Waals surface area contributed by atoms with Gasteiger partial charge in [0.25, 0.3) is 5.91 Å². The Morgan fingerprint density at radius 3 is 2.47 bits per heavy atom. The van der Waals surface area contributed by atoms with Crippen molar-refractivity contribution in [3.05, 3.63) is 30.3 Å². The summed E-state index contributed by atoms with van der Waals surface area (Å²) in [6.45, 7) is 2.85. The van der Waals surface area contributed by atoms with Crippen molar-refractivity contribution in [3.8, 4) is 0 Å². The minimum atomic E-state index is 0.126. The molecule has 0 aliphatic carbocycles. The summed E-state index contributed by atoms with van der Waals surface area (Å²) in [5, 5.41) is 2.96. The Labute approximate surface area is 103 Å². The first-order valence-electron chi connectivity index (χ1n) is 6.36. The second-order valence-corrected chi connectivity index (χ2v) is 5.20. The summed E-state index contributed by atoms with van der Waals surface area (Å²) >= 11 is 0. The van der Waals surface area contributed by atoms with Gasteiger partial charge in [-0.1, -0.05) is 18.2 Å². The van der Waals surface area contributed by atoms with Gasteiger partial charge in [0.1, 0.15) is 0 Å². The number of likely N-dealkylation sites (N-methyl/N-ethyl adjacent to an activating group) is 1. The third-order valence-electron chi connectivity index (χ3n) is 3.48. The van der Waals surface area contributed by atoms with Crippen LogP contribution in [0.1, 0.15) is 19.3 Å². The summed E-state index contributed by atoms with van der Waals surface area (Å²) in [6.07, 6.45) is 3.80. The van der Waals surface area contributed by atoms with Crippen molar-refractivity contribution in [1.82, 2.24) is 0 Å². The molecule has 2 rings (SSSR count). The largest absolute Gasteiger partial charge is 0.321 e. The number of piperidine rings is 1. The van der Waals surface area contributed by atoms with Gasteiger partial charge >= 0.3 is 0 Å². The lowest BCUT2D eigenvalue weighted by Gasteiger charge is -2.37. The molecule has 0 spiro atoms. The van der Waals surface area contributed by atoms with Crippen LogP contribution < -0.4 is 5.32 Å². The van der Waals surface area contributed by atoms with E-state index in [1.807, 2.05) is 30.3 Å². The highest BCUT2D eigenvalue weighted by Crippen LogP contribution is 2.16. The molecule has 0 saturated carbocycles. The highest BCUT2D eigenvalue weighted by atomic mass is 16.2. The van der Waals surface area contributed by atoms with Crippen molar-refractivity contribution in [3.63, 3.8) is 0 Å². The summed E-state index contributed by atoms with van der Waals surface area (Å²) < 4.78 is 0.888. The number of carbonyl (C=O) groups is 1. The third-order valence-corrected chi connectivity index (χ3v) is 3.48. The number of likely N-dealkylation sites (tertiary alicyclic amines) is 1. The van der Waals surface area contributed by atoms with Crippen LogP contribution in [0.2, 0.25) is 0 Å². The second-order valence-electron chi connectivity index (χ2n) is 5.20. The molecule has 1 heterocycles. The zero-order chi connectivity index (χ0) is 12.1. The molecule has 92 valence electrons. The van der Waals surface area contributed by atoms with Crippen LogP contribution in [0.25, 0.3) is 0 Å². The van der Waals surface area contributed by atoms with Gasteiger partial charge in [-0.3, -0.25) is 4.79 Å². The zero-order valence-corrected chi connectivity index (χ0v) is 10.5. The van der Waals surface area contributed by atoms with Crippen LogP contribution in [0.3, 0.4) is 0 Å². The average Bonchev–Trinajstić information content (AvgIpc) is 2.30. The Morgan fingerprint density at radius 2 is 1.82 bits per heavy atom. The molecule has 1 amide bonds. The molecule has 1 aromatic rings. The van der Waals surface area contributed by atoms with Gasteiger partial charge < -0.3 is 9.80 Å². The van der Waals surface area contributed by atoms with Crippen LogP contribution >= 0.6 is 0 Å².